The Labute approximate surface area is 141 Å². The molecule has 0 N–H and O–H groups in total. The van der Waals surface area contributed by atoms with Gasteiger partial charge in [-0.1, -0.05) is 47.5 Å². The summed E-state index contributed by atoms with van der Waals surface area (Å²) in [5.74, 6) is -0.701. The normalized spacial score (nSPS) is 14.5. The molecule has 0 spiro atoms. The minimum Gasteiger partial charge on any atom is -0.462 e. The number of esters is 2. The maximum atomic E-state index is 11.6. The van der Waals surface area contributed by atoms with Crippen LogP contribution in [0.5, 0.6) is 0 Å². The van der Waals surface area contributed by atoms with Gasteiger partial charge in [-0.05, 0) is 37.5 Å². The van der Waals surface area contributed by atoms with E-state index in [4.69, 9.17) is 9.47 Å². The number of hydrogen-bond donors (Lipinski definition) is 0. The lowest BCUT2D eigenvalue weighted by atomic mass is 9.86. The van der Waals surface area contributed by atoms with Crippen molar-refractivity contribution in [2.24, 2.45) is 11.3 Å². The van der Waals surface area contributed by atoms with Gasteiger partial charge in [0.15, 0.2) is 0 Å². The van der Waals surface area contributed by atoms with Crippen LogP contribution in [0.15, 0.2) is 12.2 Å². The van der Waals surface area contributed by atoms with Gasteiger partial charge in [0.05, 0.1) is 12.7 Å². The van der Waals surface area contributed by atoms with E-state index in [1.54, 1.807) is 0 Å². The van der Waals surface area contributed by atoms with Crippen LogP contribution in [0.25, 0.3) is 0 Å². The first-order valence-electron chi connectivity index (χ1n) is 8.69. The first-order valence-corrected chi connectivity index (χ1v) is 8.69. The molecule has 0 aromatic heterocycles. The third kappa shape index (κ3) is 14.0. The quantitative estimate of drug-likeness (QED) is 0.332. The van der Waals surface area contributed by atoms with Crippen molar-refractivity contribution >= 4 is 11.9 Å². The maximum Gasteiger partial charge on any atom is 0.331 e. The molecule has 0 aromatic carbocycles. The van der Waals surface area contributed by atoms with Crippen LogP contribution < -0.4 is 0 Å². The zero-order valence-corrected chi connectivity index (χ0v) is 15.7. The molecule has 23 heavy (non-hydrogen) atoms. The Balaban J connectivity index is 4.00. The molecule has 4 heteroatoms. The molecule has 0 heterocycles. The number of carbonyl (C=O) groups is 2. The van der Waals surface area contributed by atoms with E-state index >= 15 is 0 Å². The molecule has 0 radical (unpaired) electrons. The molecular formula is C19H34O4. The average molecular weight is 326 g/mol. The molecule has 0 aliphatic heterocycles. The van der Waals surface area contributed by atoms with E-state index in [-0.39, 0.29) is 17.4 Å². The molecule has 0 aliphatic rings. The summed E-state index contributed by atoms with van der Waals surface area (Å²) in [5.41, 5.74) is 0.208. The maximum absolute atomic E-state index is 11.6. The van der Waals surface area contributed by atoms with Crippen molar-refractivity contribution in [2.45, 2.75) is 79.8 Å². The standard InChI is InChI=1S/C19H34O4/c1-7-8-9-10-16(3)23-18(21)12-11-17(20)22-14-15(2)13-19(4,5)6/h11-12,15-16H,7-10,13-14H2,1-6H3/b12-11+. The number of carbonyl (C=O) groups excluding carboxylic acids is 2. The Morgan fingerprint density at radius 2 is 1.65 bits per heavy atom. The van der Waals surface area contributed by atoms with E-state index in [0.717, 1.165) is 44.3 Å². The number of hydrogen-bond acceptors (Lipinski definition) is 4. The highest BCUT2D eigenvalue weighted by Gasteiger charge is 2.16. The van der Waals surface area contributed by atoms with E-state index < -0.39 is 11.9 Å². The van der Waals surface area contributed by atoms with E-state index in [1.807, 2.05) is 6.92 Å². The van der Waals surface area contributed by atoms with Gasteiger partial charge in [-0.15, -0.1) is 0 Å². The molecule has 134 valence electrons. The molecular weight excluding hydrogens is 292 g/mol. The van der Waals surface area contributed by atoms with Crippen molar-refractivity contribution in [3.63, 3.8) is 0 Å². The largest absolute Gasteiger partial charge is 0.462 e. The summed E-state index contributed by atoms with van der Waals surface area (Å²) in [5, 5.41) is 0. The summed E-state index contributed by atoms with van der Waals surface area (Å²) < 4.78 is 10.4. The van der Waals surface area contributed by atoms with Crippen LogP contribution in [0, 0.1) is 11.3 Å². The molecule has 2 atom stereocenters. The Hall–Kier alpha value is -1.32. The van der Waals surface area contributed by atoms with Crippen molar-refractivity contribution in [3.8, 4) is 0 Å². The van der Waals surface area contributed by atoms with Crippen molar-refractivity contribution in [1.29, 1.82) is 0 Å². The summed E-state index contributed by atoms with van der Waals surface area (Å²) in [6, 6.07) is 0. The summed E-state index contributed by atoms with van der Waals surface area (Å²) >= 11 is 0. The average Bonchev–Trinajstić information content (AvgIpc) is 2.41. The van der Waals surface area contributed by atoms with E-state index in [0.29, 0.717) is 6.61 Å². The van der Waals surface area contributed by atoms with Crippen molar-refractivity contribution < 1.29 is 19.1 Å². The Bertz CT molecular complexity index is 379. The molecule has 4 nitrogen and oxygen atoms in total. The van der Waals surface area contributed by atoms with Gasteiger partial charge in [-0.3, -0.25) is 0 Å². The Kier molecular flexibility index (Phi) is 10.6. The van der Waals surface area contributed by atoms with Gasteiger partial charge in [-0.2, -0.15) is 0 Å². The van der Waals surface area contributed by atoms with Crippen LogP contribution in [0.4, 0.5) is 0 Å². The molecule has 0 saturated carbocycles. The molecule has 0 fully saturated rings. The lowest BCUT2D eigenvalue weighted by Gasteiger charge is -2.22. The first-order chi connectivity index (χ1) is 10.6. The van der Waals surface area contributed by atoms with Crippen molar-refractivity contribution in [2.75, 3.05) is 6.61 Å². The summed E-state index contributed by atoms with van der Waals surface area (Å²) in [6.07, 6.45) is 7.31. The Morgan fingerprint density at radius 3 is 2.22 bits per heavy atom. The summed E-state index contributed by atoms with van der Waals surface area (Å²) in [4.78, 5) is 23.2. The number of rotatable bonds is 10. The molecule has 0 saturated heterocycles. The van der Waals surface area contributed by atoms with E-state index in [1.165, 1.54) is 0 Å². The van der Waals surface area contributed by atoms with Crippen molar-refractivity contribution in [3.05, 3.63) is 12.2 Å². The molecule has 0 rings (SSSR count). The van der Waals surface area contributed by atoms with E-state index in [9.17, 15) is 9.59 Å². The topological polar surface area (TPSA) is 52.6 Å². The van der Waals surface area contributed by atoms with Gasteiger partial charge in [0.1, 0.15) is 0 Å². The van der Waals surface area contributed by atoms with Gasteiger partial charge in [0, 0.05) is 12.2 Å². The second-order valence-electron chi connectivity index (χ2n) is 7.58. The summed E-state index contributed by atoms with van der Waals surface area (Å²) in [7, 11) is 0. The smallest absolute Gasteiger partial charge is 0.331 e. The SMILES string of the molecule is CCCCCC(C)OC(=O)/C=C/C(=O)OCC(C)CC(C)(C)C. The van der Waals surface area contributed by atoms with Crippen molar-refractivity contribution in [1.82, 2.24) is 0 Å². The minimum absolute atomic E-state index is 0.124. The van der Waals surface area contributed by atoms with Crippen LogP contribution in [-0.4, -0.2) is 24.6 Å². The third-order valence-corrected chi connectivity index (χ3v) is 3.36. The molecule has 0 amide bonds. The lowest BCUT2D eigenvalue weighted by molar-refractivity contribution is -0.144. The van der Waals surface area contributed by atoms with Gasteiger partial charge >= 0.3 is 11.9 Å². The van der Waals surface area contributed by atoms with Crippen LogP contribution in [0.3, 0.4) is 0 Å². The fourth-order valence-electron chi connectivity index (χ4n) is 2.49. The predicted molar refractivity (Wildman–Crippen MR) is 93.0 cm³/mol. The highest BCUT2D eigenvalue weighted by molar-refractivity contribution is 5.91. The lowest BCUT2D eigenvalue weighted by Crippen LogP contribution is -2.17. The zero-order valence-electron chi connectivity index (χ0n) is 15.7. The number of ether oxygens (including phenoxy) is 2. The third-order valence-electron chi connectivity index (χ3n) is 3.36. The minimum atomic E-state index is -0.499. The number of unbranched alkanes of at least 4 members (excludes halogenated alkanes) is 2. The molecule has 0 bridgehead atoms. The Morgan fingerprint density at radius 1 is 1.04 bits per heavy atom. The highest BCUT2D eigenvalue weighted by Crippen LogP contribution is 2.24. The molecule has 2 unspecified atom stereocenters. The molecule has 0 aromatic rings. The monoisotopic (exact) mass is 326 g/mol. The fourth-order valence-corrected chi connectivity index (χ4v) is 2.49. The van der Waals surface area contributed by atoms with Crippen LogP contribution in [-0.2, 0) is 19.1 Å². The summed E-state index contributed by atoms with van der Waals surface area (Å²) in [6.45, 7) is 12.9. The van der Waals surface area contributed by atoms with Gasteiger partial charge < -0.3 is 9.47 Å². The van der Waals surface area contributed by atoms with Gasteiger partial charge in [-0.25, -0.2) is 9.59 Å². The fraction of sp³-hybridized carbons (Fsp3) is 0.789. The zero-order chi connectivity index (χ0) is 17.9. The molecule has 0 aliphatic carbocycles. The van der Waals surface area contributed by atoms with Crippen LogP contribution in [0.1, 0.15) is 73.6 Å². The first kappa shape index (κ1) is 21.7. The van der Waals surface area contributed by atoms with Gasteiger partial charge in [0.2, 0.25) is 0 Å². The second-order valence-corrected chi connectivity index (χ2v) is 7.58. The predicted octanol–water partition coefficient (Wildman–Crippen LogP) is 4.67. The van der Waals surface area contributed by atoms with Gasteiger partial charge in [0.25, 0.3) is 0 Å². The van der Waals surface area contributed by atoms with Crippen LogP contribution >= 0.6 is 0 Å². The highest BCUT2D eigenvalue weighted by atomic mass is 16.5. The second kappa shape index (κ2) is 11.3. The van der Waals surface area contributed by atoms with E-state index in [2.05, 4.69) is 34.6 Å². The van der Waals surface area contributed by atoms with Crippen LogP contribution in [0.2, 0.25) is 0 Å².